The lowest BCUT2D eigenvalue weighted by molar-refractivity contribution is 0.0739. The van der Waals surface area contributed by atoms with Gasteiger partial charge in [0.25, 0.3) is 5.91 Å². The second kappa shape index (κ2) is 7.66. The molecule has 0 radical (unpaired) electrons. The van der Waals surface area contributed by atoms with Crippen LogP contribution in [0.5, 0.6) is 0 Å². The van der Waals surface area contributed by atoms with Crippen molar-refractivity contribution in [2.24, 2.45) is 23.9 Å². The minimum atomic E-state index is -0.0561. The molecular formula is C14H25N5O2. The monoisotopic (exact) mass is 295 g/mol. The van der Waals surface area contributed by atoms with Gasteiger partial charge in [-0.1, -0.05) is 25.9 Å². The smallest absolute Gasteiger partial charge is 0.257 e. The summed E-state index contributed by atoms with van der Waals surface area (Å²) in [5.41, 5.74) is 6.91. The predicted octanol–water partition coefficient (Wildman–Crippen LogP) is 1.22. The van der Waals surface area contributed by atoms with Crippen molar-refractivity contribution in [3.8, 4) is 0 Å². The minimum absolute atomic E-state index is 0.0561. The zero-order chi connectivity index (χ0) is 16.0. The standard InChI is InChI=1S/C14H25N5O2/c1-5-12-11(9-18(4)16-12)14(20)19(8-10(2)3)7-6-13(15)17-21/h9-10,21H,5-8H2,1-4H3,(H2,15,17). The number of rotatable bonds is 7. The lowest BCUT2D eigenvalue weighted by atomic mass is 10.1. The summed E-state index contributed by atoms with van der Waals surface area (Å²) >= 11 is 0. The van der Waals surface area contributed by atoms with Crippen LogP contribution in [0, 0.1) is 5.92 Å². The molecule has 0 saturated carbocycles. The predicted molar refractivity (Wildman–Crippen MR) is 81.4 cm³/mol. The van der Waals surface area contributed by atoms with Crippen molar-refractivity contribution >= 4 is 11.7 Å². The van der Waals surface area contributed by atoms with Crippen LogP contribution in [0.4, 0.5) is 0 Å². The van der Waals surface area contributed by atoms with Gasteiger partial charge in [-0.3, -0.25) is 9.48 Å². The Bertz CT molecular complexity index is 507. The maximum absolute atomic E-state index is 12.7. The Labute approximate surface area is 125 Å². The van der Waals surface area contributed by atoms with Gasteiger partial charge < -0.3 is 15.8 Å². The van der Waals surface area contributed by atoms with E-state index < -0.39 is 0 Å². The van der Waals surface area contributed by atoms with Gasteiger partial charge in [0.2, 0.25) is 0 Å². The van der Waals surface area contributed by atoms with Crippen LogP contribution in [0.1, 0.15) is 43.2 Å². The summed E-state index contributed by atoms with van der Waals surface area (Å²) in [6, 6.07) is 0. The first-order valence-corrected chi connectivity index (χ1v) is 7.17. The first kappa shape index (κ1) is 17.0. The van der Waals surface area contributed by atoms with Gasteiger partial charge in [-0.2, -0.15) is 5.10 Å². The van der Waals surface area contributed by atoms with Crippen molar-refractivity contribution in [2.45, 2.75) is 33.6 Å². The quantitative estimate of drug-likeness (QED) is 0.342. The molecule has 0 aliphatic carbocycles. The molecule has 0 bridgehead atoms. The highest BCUT2D eigenvalue weighted by Gasteiger charge is 2.21. The van der Waals surface area contributed by atoms with Gasteiger partial charge in [0, 0.05) is 32.8 Å². The molecule has 7 heteroatoms. The van der Waals surface area contributed by atoms with Crippen LogP contribution < -0.4 is 5.73 Å². The molecule has 1 heterocycles. The normalized spacial score (nSPS) is 12.0. The number of amidine groups is 1. The molecule has 0 unspecified atom stereocenters. The van der Waals surface area contributed by atoms with Crippen molar-refractivity contribution < 1.29 is 10.0 Å². The molecule has 0 fully saturated rings. The van der Waals surface area contributed by atoms with E-state index in [1.165, 1.54) is 0 Å². The molecule has 0 aliphatic rings. The fourth-order valence-corrected chi connectivity index (χ4v) is 2.16. The summed E-state index contributed by atoms with van der Waals surface area (Å²) in [7, 11) is 1.80. The Morgan fingerprint density at radius 1 is 1.57 bits per heavy atom. The van der Waals surface area contributed by atoms with Crippen LogP contribution in [0.2, 0.25) is 0 Å². The zero-order valence-electron chi connectivity index (χ0n) is 13.2. The van der Waals surface area contributed by atoms with Crippen molar-refractivity contribution in [2.75, 3.05) is 13.1 Å². The minimum Gasteiger partial charge on any atom is -0.409 e. The summed E-state index contributed by atoms with van der Waals surface area (Å²) < 4.78 is 1.66. The maximum atomic E-state index is 12.7. The van der Waals surface area contributed by atoms with Crippen LogP contribution in [0.15, 0.2) is 11.4 Å². The molecule has 1 aromatic rings. The van der Waals surface area contributed by atoms with E-state index in [-0.39, 0.29) is 11.7 Å². The fourth-order valence-electron chi connectivity index (χ4n) is 2.16. The number of oxime groups is 1. The van der Waals surface area contributed by atoms with Gasteiger partial charge in [-0.25, -0.2) is 0 Å². The Morgan fingerprint density at radius 3 is 2.76 bits per heavy atom. The van der Waals surface area contributed by atoms with Crippen LogP contribution in [-0.2, 0) is 13.5 Å². The lowest BCUT2D eigenvalue weighted by Crippen LogP contribution is -2.37. The number of carbonyl (C=O) groups excluding carboxylic acids is 1. The molecule has 3 N–H and O–H groups in total. The van der Waals surface area contributed by atoms with Crippen molar-refractivity contribution in [3.63, 3.8) is 0 Å². The molecule has 1 rings (SSSR count). The van der Waals surface area contributed by atoms with Crippen molar-refractivity contribution in [1.82, 2.24) is 14.7 Å². The number of nitrogens with zero attached hydrogens (tertiary/aromatic N) is 4. The van der Waals surface area contributed by atoms with Gasteiger partial charge in [-0.15, -0.1) is 0 Å². The molecule has 0 spiro atoms. The van der Waals surface area contributed by atoms with E-state index in [4.69, 9.17) is 10.9 Å². The number of aromatic nitrogens is 2. The molecule has 0 aliphatic heterocycles. The molecule has 1 amide bonds. The fraction of sp³-hybridized carbons (Fsp3) is 0.643. The van der Waals surface area contributed by atoms with Gasteiger partial charge in [0.15, 0.2) is 0 Å². The number of aryl methyl sites for hydroxylation is 2. The van der Waals surface area contributed by atoms with E-state index in [9.17, 15) is 4.79 Å². The second-order valence-electron chi connectivity index (χ2n) is 5.50. The van der Waals surface area contributed by atoms with Gasteiger partial charge in [0.05, 0.1) is 11.3 Å². The van der Waals surface area contributed by atoms with Gasteiger partial charge in [-0.05, 0) is 12.3 Å². The molecule has 0 atom stereocenters. The van der Waals surface area contributed by atoms with Gasteiger partial charge >= 0.3 is 0 Å². The highest BCUT2D eigenvalue weighted by Crippen LogP contribution is 2.13. The molecule has 1 aromatic heterocycles. The average molecular weight is 295 g/mol. The SMILES string of the molecule is CCc1nn(C)cc1C(=O)N(CC/C(N)=N/O)CC(C)C. The second-order valence-corrected chi connectivity index (χ2v) is 5.50. The van der Waals surface area contributed by atoms with Crippen LogP contribution >= 0.6 is 0 Å². The zero-order valence-corrected chi connectivity index (χ0v) is 13.2. The van der Waals surface area contributed by atoms with Crippen LogP contribution in [0.25, 0.3) is 0 Å². The van der Waals surface area contributed by atoms with Gasteiger partial charge in [0.1, 0.15) is 5.84 Å². The maximum Gasteiger partial charge on any atom is 0.257 e. The van der Waals surface area contributed by atoms with E-state index in [1.807, 2.05) is 20.8 Å². The third kappa shape index (κ3) is 4.77. The molecule has 118 valence electrons. The first-order valence-electron chi connectivity index (χ1n) is 7.17. The summed E-state index contributed by atoms with van der Waals surface area (Å²) in [4.78, 5) is 14.4. The lowest BCUT2D eigenvalue weighted by Gasteiger charge is -2.24. The number of amides is 1. The Balaban J connectivity index is 2.93. The molecule has 0 aromatic carbocycles. The summed E-state index contributed by atoms with van der Waals surface area (Å²) in [6.07, 6.45) is 2.80. The summed E-state index contributed by atoms with van der Waals surface area (Å²) in [5, 5.41) is 15.9. The highest BCUT2D eigenvalue weighted by atomic mass is 16.4. The van der Waals surface area contributed by atoms with E-state index in [0.29, 0.717) is 37.4 Å². The number of hydrogen-bond acceptors (Lipinski definition) is 4. The van der Waals surface area contributed by atoms with E-state index in [1.54, 1.807) is 22.8 Å². The Hall–Kier alpha value is -2.05. The Kier molecular flexibility index (Phi) is 6.20. The van der Waals surface area contributed by atoms with E-state index in [0.717, 1.165) is 5.69 Å². The number of nitrogens with two attached hydrogens (primary N) is 1. The molecule has 21 heavy (non-hydrogen) atoms. The van der Waals surface area contributed by atoms with Crippen molar-refractivity contribution in [3.05, 3.63) is 17.5 Å². The van der Waals surface area contributed by atoms with Crippen LogP contribution in [0.3, 0.4) is 0 Å². The average Bonchev–Trinajstić information content (AvgIpc) is 2.82. The summed E-state index contributed by atoms with van der Waals surface area (Å²) in [5.74, 6) is 0.404. The highest BCUT2D eigenvalue weighted by molar-refractivity contribution is 5.95. The third-order valence-corrected chi connectivity index (χ3v) is 3.11. The number of hydrogen-bond donors (Lipinski definition) is 2. The third-order valence-electron chi connectivity index (χ3n) is 3.11. The van der Waals surface area contributed by atoms with Crippen LogP contribution in [-0.4, -0.2) is 44.7 Å². The first-order chi connectivity index (χ1) is 9.88. The molecular weight excluding hydrogens is 270 g/mol. The van der Waals surface area contributed by atoms with Crippen molar-refractivity contribution in [1.29, 1.82) is 0 Å². The molecule has 0 saturated heterocycles. The number of carbonyl (C=O) groups is 1. The molecule has 7 nitrogen and oxygen atoms in total. The largest absolute Gasteiger partial charge is 0.409 e. The van der Waals surface area contributed by atoms with E-state index in [2.05, 4.69) is 10.3 Å². The topological polar surface area (TPSA) is 96.7 Å². The Morgan fingerprint density at radius 2 is 2.24 bits per heavy atom. The van der Waals surface area contributed by atoms with E-state index >= 15 is 0 Å². The summed E-state index contributed by atoms with van der Waals surface area (Å²) in [6.45, 7) is 7.12.